The number of hydrogen-bond acceptors (Lipinski definition) is 8. The highest BCUT2D eigenvalue weighted by Gasteiger charge is 2.42. The van der Waals surface area contributed by atoms with Crippen molar-refractivity contribution in [2.75, 3.05) is 19.8 Å². The van der Waals surface area contributed by atoms with Gasteiger partial charge in [0.2, 0.25) is 5.76 Å². The van der Waals surface area contributed by atoms with Crippen molar-refractivity contribution < 1.29 is 39.4 Å². The van der Waals surface area contributed by atoms with Crippen molar-refractivity contribution in [2.24, 2.45) is 0 Å². The van der Waals surface area contributed by atoms with Crippen LogP contribution >= 0.6 is 0 Å². The van der Waals surface area contributed by atoms with Gasteiger partial charge in [0.05, 0.1) is 18.8 Å². The maximum atomic E-state index is 11.8. The lowest BCUT2D eigenvalue weighted by Gasteiger charge is -2.23. The average Bonchev–Trinajstić information content (AvgIpc) is 2.71. The molecule has 122 valence electrons. The predicted octanol–water partition coefficient (Wildman–Crippen LogP) is -1.34. The van der Waals surface area contributed by atoms with Gasteiger partial charge in [-0.3, -0.25) is 0 Å². The molecule has 1 unspecified atom stereocenters. The highest BCUT2D eigenvalue weighted by atomic mass is 16.6. The molecule has 0 amide bonds. The van der Waals surface area contributed by atoms with Crippen LogP contribution in [0.4, 0.5) is 0 Å². The minimum atomic E-state index is -1.38. The molecular formula is C13H22O8. The normalized spacial score (nSPS) is 22.0. The van der Waals surface area contributed by atoms with E-state index in [1.165, 1.54) is 20.8 Å². The third-order valence-corrected chi connectivity index (χ3v) is 2.60. The number of carbonyl (C=O) groups is 1. The molecule has 1 aliphatic rings. The number of ether oxygens (including phenoxy) is 3. The van der Waals surface area contributed by atoms with Gasteiger partial charge in [0.25, 0.3) is 0 Å². The standard InChI is InChI=1S/C13H22O8/c1-7(4-14)20-11-10(19-6-13(2,3)18)9(8(16)5-15)21-12(11)17/h7-9,14-16,18H,4-6H2,1-3H3/t7?,8-,9+/m0/s1. The third-order valence-electron chi connectivity index (χ3n) is 2.60. The van der Waals surface area contributed by atoms with Gasteiger partial charge < -0.3 is 34.6 Å². The summed E-state index contributed by atoms with van der Waals surface area (Å²) in [6.45, 7) is 3.38. The van der Waals surface area contributed by atoms with E-state index in [4.69, 9.17) is 24.4 Å². The molecule has 0 saturated heterocycles. The summed E-state index contributed by atoms with van der Waals surface area (Å²) in [4.78, 5) is 11.8. The molecule has 1 rings (SSSR count). The van der Waals surface area contributed by atoms with Gasteiger partial charge in [-0.2, -0.15) is 0 Å². The largest absolute Gasteiger partial charge is 0.487 e. The Morgan fingerprint density at radius 2 is 1.95 bits per heavy atom. The molecule has 0 aromatic heterocycles. The van der Waals surface area contributed by atoms with E-state index >= 15 is 0 Å². The molecule has 8 heteroatoms. The first-order chi connectivity index (χ1) is 9.69. The SMILES string of the molecule is CC(CO)OC1=C(OCC(C)(C)O)[C@@H]([C@@H](O)CO)OC1=O. The number of rotatable bonds is 8. The maximum absolute atomic E-state index is 11.8. The van der Waals surface area contributed by atoms with Crippen molar-refractivity contribution in [2.45, 2.75) is 44.7 Å². The van der Waals surface area contributed by atoms with Crippen LogP contribution in [0.3, 0.4) is 0 Å². The number of cyclic esters (lactones) is 1. The van der Waals surface area contributed by atoms with E-state index in [2.05, 4.69) is 0 Å². The zero-order valence-electron chi connectivity index (χ0n) is 12.3. The number of esters is 1. The lowest BCUT2D eigenvalue weighted by Crippen LogP contribution is -2.34. The van der Waals surface area contributed by atoms with Crippen molar-refractivity contribution in [1.29, 1.82) is 0 Å². The van der Waals surface area contributed by atoms with Gasteiger partial charge >= 0.3 is 5.97 Å². The Bertz CT molecular complexity index is 397. The van der Waals surface area contributed by atoms with Crippen molar-refractivity contribution in [3.8, 4) is 0 Å². The second kappa shape index (κ2) is 7.08. The smallest absolute Gasteiger partial charge is 0.378 e. The topological polar surface area (TPSA) is 126 Å². The molecule has 3 atom stereocenters. The van der Waals surface area contributed by atoms with E-state index in [1.807, 2.05) is 0 Å². The van der Waals surface area contributed by atoms with Crippen LogP contribution in [0.25, 0.3) is 0 Å². The highest BCUT2D eigenvalue weighted by Crippen LogP contribution is 2.28. The van der Waals surface area contributed by atoms with Crippen molar-refractivity contribution in [1.82, 2.24) is 0 Å². The quantitative estimate of drug-likeness (QED) is 0.406. The van der Waals surface area contributed by atoms with Crippen LogP contribution in [0.2, 0.25) is 0 Å². The lowest BCUT2D eigenvalue weighted by molar-refractivity contribution is -0.149. The fourth-order valence-electron chi connectivity index (χ4n) is 1.55. The van der Waals surface area contributed by atoms with Crippen LogP contribution in [0.5, 0.6) is 0 Å². The number of aliphatic hydroxyl groups is 4. The Balaban J connectivity index is 3.00. The summed E-state index contributed by atoms with van der Waals surface area (Å²) >= 11 is 0. The van der Waals surface area contributed by atoms with Crippen LogP contribution in [0.15, 0.2) is 11.5 Å². The second-order valence-corrected chi connectivity index (χ2v) is 5.48. The average molecular weight is 306 g/mol. The van der Waals surface area contributed by atoms with Crippen LogP contribution in [-0.2, 0) is 19.0 Å². The number of carbonyl (C=O) groups excluding carboxylic acids is 1. The first-order valence-electron chi connectivity index (χ1n) is 6.56. The monoisotopic (exact) mass is 306 g/mol. The van der Waals surface area contributed by atoms with Gasteiger partial charge in [0.15, 0.2) is 11.9 Å². The molecule has 0 aromatic rings. The Hall–Kier alpha value is -1.35. The van der Waals surface area contributed by atoms with E-state index in [1.54, 1.807) is 0 Å². The summed E-state index contributed by atoms with van der Waals surface area (Å²) < 4.78 is 15.5. The van der Waals surface area contributed by atoms with Crippen LogP contribution in [0.1, 0.15) is 20.8 Å². The Labute approximate surface area is 122 Å². The van der Waals surface area contributed by atoms with E-state index in [9.17, 15) is 15.0 Å². The minimum Gasteiger partial charge on any atom is -0.487 e. The summed E-state index contributed by atoms with van der Waals surface area (Å²) in [5.74, 6) is -1.25. The van der Waals surface area contributed by atoms with Gasteiger partial charge in [0.1, 0.15) is 18.8 Å². The van der Waals surface area contributed by atoms with E-state index in [-0.39, 0.29) is 24.7 Å². The Morgan fingerprint density at radius 1 is 1.33 bits per heavy atom. The molecule has 21 heavy (non-hydrogen) atoms. The number of aliphatic hydroxyl groups excluding tert-OH is 3. The molecule has 0 fully saturated rings. The third kappa shape index (κ3) is 4.85. The first-order valence-corrected chi connectivity index (χ1v) is 6.56. The van der Waals surface area contributed by atoms with Crippen LogP contribution in [0, 0.1) is 0 Å². The predicted molar refractivity (Wildman–Crippen MR) is 69.9 cm³/mol. The summed E-state index contributed by atoms with van der Waals surface area (Å²) in [7, 11) is 0. The minimum absolute atomic E-state index is 0.107. The fourth-order valence-corrected chi connectivity index (χ4v) is 1.55. The molecule has 0 saturated carbocycles. The molecule has 0 aliphatic carbocycles. The summed E-state index contributed by atoms with van der Waals surface area (Å²) in [6.07, 6.45) is -3.28. The molecule has 1 heterocycles. The highest BCUT2D eigenvalue weighted by molar-refractivity contribution is 5.89. The van der Waals surface area contributed by atoms with Crippen LogP contribution < -0.4 is 0 Å². The Morgan fingerprint density at radius 3 is 2.43 bits per heavy atom. The second-order valence-electron chi connectivity index (χ2n) is 5.48. The zero-order chi connectivity index (χ0) is 16.2. The summed E-state index contributed by atoms with van der Waals surface area (Å²) in [5, 5.41) is 37.3. The van der Waals surface area contributed by atoms with E-state index < -0.39 is 36.5 Å². The molecule has 0 aromatic carbocycles. The van der Waals surface area contributed by atoms with Crippen molar-refractivity contribution in [3.05, 3.63) is 11.5 Å². The lowest BCUT2D eigenvalue weighted by atomic mass is 10.1. The summed E-state index contributed by atoms with van der Waals surface area (Å²) in [6, 6.07) is 0. The zero-order valence-corrected chi connectivity index (χ0v) is 12.3. The molecule has 0 bridgehead atoms. The molecule has 8 nitrogen and oxygen atoms in total. The van der Waals surface area contributed by atoms with Crippen molar-refractivity contribution in [3.63, 3.8) is 0 Å². The van der Waals surface area contributed by atoms with Gasteiger partial charge in [-0.1, -0.05) is 0 Å². The number of hydrogen-bond donors (Lipinski definition) is 4. The van der Waals surface area contributed by atoms with Gasteiger partial charge in [-0.15, -0.1) is 0 Å². The van der Waals surface area contributed by atoms with Crippen LogP contribution in [-0.4, -0.2) is 70.1 Å². The van der Waals surface area contributed by atoms with Gasteiger partial charge in [0, 0.05) is 0 Å². The Kier molecular flexibility index (Phi) is 5.97. The van der Waals surface area contributed by atoms with Gasteiger partial charge in [-0.05, 0) is 20.8 Å². The van der Waals surface area contributed by atoms with Crippen molar-refractivity contribution >= 4 is 5.97 Å². The van der Waals surface area contributed by atoms with Gasteiger partial charge in [-0.25, -0.2) is 4.79 Å². The molecular weight excluding hydrogens is 284 g/mol. The molecule has 4 N–H and O–H groups in total. The molecule has 1 aliphatic heterocycles. The molecule has 0 spiro atoms. The van der Waals surface area contributed by atoms with E-state index in [0.29, 0.717) is 0 Å². The first kappa shape index (κ1) is 17.7. The molecule has 0 radical (unpaired) electrons. The summed E-state index contributed by atoms with van der Waals surface area (Å²) in [5.41, 5.74) is -1.18. The maximum Gasteiger partial charge on any atom is 0.378 e. The fraction of sp³-hybridized carbons (Fsp3) is 0.769. The van der Waals surface area contributed by atoms with E-state index in [0.717, 1.165) is 0 Å².